The van der Waals surface area contributed by atoms with Crippen LogP contribution in [0, 0.1) is 6.92 Å². The standard InChI is InChI=1S/C16H22N4S.HI/c1-12-3-2-4-14-13(11-19-15(12)14)5-6-18-16(17)20-7-9-21-10-8-20;/h2-4,11,19H,5-10H2,1H3,(H2,17,18);1H. The molecule has 2 heterocycles. The van der Waals surface area contributed by atoms with Gasteiger partial charge in [-0.25, -0.2) is 0 Å². The van der Waals surface area contributed by atoms with Crippen molar-refractivity contribution in [3.63, 3.8) is 0 Å². The van der Waals surface area contributed by atoms with Crippen LogP contribution in [0.25, 0.3) is 10.9 Å². The Morgan fingerprint density at radius 2 is 2.14 bits per heavy atom. The summed E-state index contributed by atoms with van der Waals surface area (Å²) in [5.41, 5.74) is 9.92. The number of guanidine groups is 1. The van der Waals surface area contributed by atoms with Crippen LogP contribution >= 0.6 is 35.7 Å². The Morgan fingerprint density at radius 3 is 2.91 bits per heavy atom. The van der Waals surface area contributed by atoms with E-state index in [2.05, 4.69) is 46.2 Å². The number of H-pyrrole nitrogens is 1. The molecular formula is C16H23IN4S. The second-order valence-corrected chi connectivity index (χ2v) is 6.63. The Balaban J connectivity index is 0.00000176. The minimum absolute atomic E-state index is 0. The first kappa shape index (κ1) is 17.5. The van der Waals surface area contributed by atoms with Crippen LogP contribution in [-0.2, 0) is 6.42 Å². The fourth-order valence-corrected chi connectivity index (χ4v) is 3.66. The van der Waals surface area contributed by atoms with Gasteiger partial charge in [0, 0.05) is 48.2 Å². The molecule has 4 nitrogen and oxygen atoms in total. The summed E-state index contributed by atoms with van der Waals surface area (Å²) >= 11 is 1.98. The van der Waals surface area contributed by atoms with Crippen LogP contribution in [0.4, 0.5) is 0 Å². The molecule has 0 radical (unpaired) electrons. The fraction of sp³-hybridized carbons (Fsp3) is 0.438. The number of aryl methyl sites for hydroxylation is 1. The Labute approximate surface area is 152 Å². The number of halogens is 1. The second-order valence-electron chi connectivity index (χ2n) is 5.40. The monoisotopic (exact) mass is 430 g/mol. The third kappa shape index (κ3) is 3.90. The Bertz CT molecular complexity index is 647. The van der Waals surface area contributed by atoms with Gasteiger partial charge in [-0.1, -0.05) is 18.2 Å². The molecule has 1 aliphatic rings. The number of thioether (sulfide) groups is 1. The SMILES string of the molecule is Cc1cccc2c(CCN=C(N)N3CCSCC3)c[nH]c12.I. The number of rotatable bonds is 3. The zero-order chi connectivity index (χ0) is 14.7. The average molecular weight is 430 g/mol. The van der Waals surface area contributed by atoms with Crippen molar-refractivity contribution in [1.82, 2.24) is 9.88 Å². The van der Waals surface area contributed by atoms with Crippen LogP contribution in [0.2, 0.25) is 0 Å². The number of hydrogen-bond acceptors (Lipinski definition) is 2. The summed E-state index contributed by atoms with van der Waals surface area (Å²) in [6.07, 6.45) is 3.02. The zero-order valence-electron chi connectivity index (χ0n) is 12.8. The van der Waals surface area contributed by atoms with Gasteiger partial charge in [-0.2, -0.15) is 11.8 Å². The van der Waals surface area contributed by atoms with Crippen LogP contribution in [0.5, 0.6) is 0 Å². The van der Waals surface area contributed by atoms with Crippen molar-refractivity contribution in [2.24, 2.45) is 10.7 Å². The molecule has 120 valence electrons. The number of para-hydroxylation sites is 1. The lowest BCUT2D eigenvalue weighted by Gasteiger charge is -2.27. The average Bonchev–Trinajstić information content (AvgIpc) is 2.93. The molecule has 3 N–H and O–H groups in total. The molecule has 0 bridgehead atoms. The predicted molar refractivity (Wildman–Crippen MR) is 108 cm³/mol. The van der Waals surface area contributed by atoms with Crippen molar-refractivity contribution >= 4 is 52.6 Å². The van der Waals surface area contributed by atoms with Gasteiger partial charge >= 0.3 is 0 Å². The maximum absolute atomic E-state index is 6.08. The molecule has 0 amide bonds. The maximum Gasteiger partial charge on any atom is 0.191 e. The van der Waals surface area contributed by atoms with Gasteiger partial charge in [0.1, 0.15) is 0 Å². The van der Waals surface area contributed by atoms with Crippen LogP contribution in [0.3, 0.4) is 0 Å². The van der Waals surface area contributed by atoms with Crippen molar-refractivity contribution < 1.29 is 0 Å². The Kier molecular flexibility index (Phi) is 6.43. The van der Waals surface area contributed by atoms with Crippen molar-refractivity contribution in [2.45, 2.75) is 13.3 Å². The highest BCUT2D eigenvalue weighted by molar-refractivity contribution is 14.0. The summed E-state index contributed by atoms with van der Waals surface area (Å²) in [4.78, 5) is 10.1. The van der Waals surface area contributed by atoms with Gasteiger partial charge in [0.2, 0.25) is 0 Å². The smallest absolute Gasteiger partial charge is 0.191 e. The van der Waals surface area contributed by atoms with E-state index in [1.165, 1.54) is 22.0 Å². The number of nitrogens with one attached hydrogen (secondary N) is 1. The van der Waals surface area contributed by atoms with Gasteiger partial charge in [-0.15, -0.1) is 24.0 Å². The van der Waals surface area contributed by atoms with E-state index >= 15 is 0 Å². The molecule has 1 aromatic carbocycles. The van der Waals surface area contributed by atoms with Crippen molar-refractivity contribution in [2.75, 3.05) is 31.1 Å². The highest BCUT2D eigenvalue weighted by atomic mass is 127. The molecule has 6 heteroatoms. The molecule has 0 atom stereocenters. The summed E-state index contributed by atoms with van der Waals surface area (Å²) in [6, 6.07) is 6.41. The number of aromatic nitrogens is 1. The van der Waals surface area contributed by atoms with Crippen LogP contribution in [-0.4, -0.2) is 47.0 Å². The minimum atomic E-state index is 0. The number of hydrogen-bond donors (Lipinski definition) is 2. The molecule has 2 aromatic rings. The molecule has 1 aromatic heterocycles. The lowest BCUT2D eigenvalue weighted by Crippen LogP contribution is -2.42. The largest absolute Gasteiger partial charge is 0.370 e. The second kappa shape index (κ2) is 8.10. The van der Waals surface area contributed by atoms with Crippen molar-refractivity contribution in [3.8, 4) is 0 Å². The third-order valence-electron chi connectivity index (χ3n) is 4.00. The Morgan fingerprint density at radius 1 is 1.36 bits per heavy atom. The molecule has 0 aliphatic carbocycles. The summed E-state index contributed by atoms with van der Waals surface area (Å²) in [5.74, 6) is 3.00. The lowest BCUT2D eigenvalue weighted by molar-refractivity contribution is 0.456. The summed E-state index contributed by atoms with van der Waals surface area (Å²) in [6.45, 7) is 4.92. The predicted octanol–water partition coefficient (Wildman–Crippen LogP) is 3.00. The minimum Gasteiger partial charge on any atom is -0.370 e. The van der Waals surface area contributed by atoms with Gasteiger partial charge in [0.05, 0.1) is 0 Å². The highest BCUT2D eigenvalue weighted by Crippen LogP contribution is 2.21. The third-order valence-corrected chi connectivity index (χ3v) is 4.94. The summed E-state index contributed by atoms with van der Waals surface area (Å²) < 4.78 is 0. The number of aliphatic imine (C=N–C) groups is 1. The highest BCUT2D eigenvalue weighted by Gasteiger charge is 2.12. The van der Waals surface area contributed by atoms with E-state index < -0.39 is 0 Å². The number of fused-ring (bicyclic) bond motifs is 1. The topological polar surface area (TPSA) is 57.4 Å². The summed E-state index contributed by atoms with van der Waals surface area (Å²) in [7, 11) is 0. The van der Waals surface area contributed by atoms with Gasteiger partial charge < -0.3 is 15.6 Å². The number of aromatic amines is 1. The first-order valence-corrected chi connectivity index (χ1v) is 8.59. The first-order chi connectivity index (χ1) is 10.3. The van der Waals surface area contributed by atoms with Gasteiger partial charge in [-0.05, 0) is 24.5 Å². The molecule has 0 spiro atoms. The lowest BCUT2D eigenvalue weighted by atomic mass is 10.1. The molecule has 1 aliphatic heterocycles. The normalized spacial score (nSPS) is 15.9. The number of benzene rings is 1. The Hall–Kier alpha value is -0.890. The van der Waals surface area contributed by atoms with Crippen LogP contribution in [0.15, 0.2) is 29.4 Å². The first-order valence-electron chi connectivity index (χ1n) is 7.44. The molecular weight excluding hydrogens is 407 g/mol. The quantitative estimate of drug-likeness (QED) is 0.447. The van der Waals surface area contributed by atoms with Gasteiger partial charge in [0.15, 0.2) is 5.96 Å². The molecule has 0 unspecified atom stereocenters. The zero-order valence-corrected chi connectivity index (χ0v) is 16.0. The van der Waals surface area contributed by atoms with Gasteiger partial charge in [-0.3, -0.25) is 4.99 Å². The van der Waals surface area contributed by atoms with E-state index in [-0.39, 0.29) is 24.0 Å². The van der Waals surface area contributed by atoms with Crippen LogP contribution in [0.1, 0.15) is 11.1 Å². The molecule has 0 saturated carbocycles. The van der Waals surface area contributed by atoms with Crippen molar-refractivity contribution in [3.05, 3.63) is 35.5 Å². The molecule has 1 saturated heterocycles. The maximum atomic E-state index is 6.08. The van der Waals surface area contributed by atoms with E-state index in [0.717, 1.165) is 37.6 Å². The van der Waals surface area contributed by atoms with E-state index in [1.807, 2.05) is 11.8 Å². The fourth-order valence-electron chi connectivity index (χ4n) is 2.75. The van der Waals surface area contributed by atoms with Gasteiger partial charge in [0.25, 0.3) is 0 Å². The van der Waals surface area contributed by atoms with E-state index in [4.69, 9.17) is 5.73 Å². The molecule has 1 fully saturated rings. The van der Waals surface area contributed by atoms with E-state index in [0.29, 0.717) is 5.96 Å². The summed E-state index contributed by atoms with van der Waals surface area (Å²) in [5, 5.41) is 1.30. The van der Waals surface area contributed by atoms with E-state index in [9.17, 15) is 0 Å². The van der Waals surface area contributed by atoms with Crippen LogP contribution < -0.4 is 5.73 Å². The van der Waals surface area contributed by atoms with Crippen molar-refractivity contribution in [1.29, 1.82) is 0 Å². The molecule has 3 rings (SSSR count). The number of nitrogens with zero attached hydrogens (tertiary/aromatic N) is 2. The molecule has 22 heavy (non-hydrogen) atoms. The van der Waals surface area contributed by atoms with E-state index in [1.54, 1.807) is 0 Å². The number of nitrogens with two attached hydrogens (primary N) is 1.